The number of nitrogens with zero attached hydrogens (tertiary/aromatic N) is 3. The van der Waals surface area contributed by atoms with Crippen molar-refractivity contribution in [3.63, 3.8) is 0 Å². The van der Waals surface area contributed by atoms with Crippen LogP contribution in [0, 0.1) is 11.3 Å². The molecule has 0 saturated heterocycles. The Kier molecular flexibility index (Phi) is 94.1. The highest BCUT2D eigenvalue weighted by Gasteiger charge is 2.24. The molecular formula is C94H179N7O31. The number of hydrogen-bond donors (Lipinski definition) is 5. The van der Waals surface area contributed by atoms with Crippen molar-refractivity contribution in [1.82, 2.24) is 36.3 Å². The Bertz CT molecular complexity index is 2680. The highest BCUT2D eigenvalue weighted by molar-refractivity contribution is 5.88. The number of unbranched alkanes of at least 4 members (excludes halogenated alkanes) is 14. The van der Waals surface area contributed by atoms with Gasteiger partial charge in [0.15, 0.2) is 0 Å². The normalized spacial score (nSPS) is 12.2. The monoisotopic (exact) mass is 1900 g/mol. The van der Waals surface area contributed by atoms with Crippen molar-refractivity contribution in [3.05, 3.63) is 11.9 Å². The first kappa shape index (κ1) is 125. The standard InChI is InChI=1S/C94H179N7O31/c1-7-8-9-10-11-12-13-14-15-16-17-18-19-26-90(104)98-87(93(107)108)28-30-89(103)95-32-22-20-25-86(97-91(105)29-27-85-83-101(100-99-85)34-23-21-24-84(2)3)92(106)96-33-36-110-38-40-112-42-44-114-46-48-116-50-52-118-54-56-120-58-60-122-62-64-124-66-68-126-70-72-128-74-76-130-78-80-132-82-81-131-79-77-129-75-73-127-71-69-125-67-65-123-63-61-121-59-57-119-55-53-117-51-49-115-47-45-113-43-41-111-39-37-109-35-31-88(102)94(4,5)6/h83-84,86-87H,7-82H2,1-6H3,(H,95,103)(H,96,106)(H,97,105)(H,98,104)(H,107,108)/t86-,87-/m0/s1. The van der Waals surface area contributed by atoms with Gasteiger partial charge in [-0.15, -0.1) is 5.10 Å². The minimum absolute atomic E-state index is 0.0378. The largest absolute Gasteiger partial charge is 0.480 e. The maximum absolute atomic E-state index is 13.5. The maximum Gasteiger partial charge on any atom is 0.326 e. The van der Waals surface area contributed by atoms with Gasteiger partial charge < -0.3 is 140 Å². The maximum atomic E-state index is 13.5. The Labute approximate surface area is 789 Å². The van der Waals surface area contributed by atoms with E-state index < -0.39 is 18.1 Å². The van der Waals surface area contributed by atoms with Crippen LogP contribution in [0.4, 0.5) is 0 Å². The zero-order chi connectivity index (χ0) is 95.5. The van der Waals surface area contributed by atoms with Gasteiger partial charge in [-0.05, 0) is 44.4 Å². The van der Waals surface area contributed by atoms with E-state index in [1.54, 1.807) is 4.68 Å². The lowest BCUT2D eigenvalue weighted by atomic mass is 9.89. The number of ether oxygens (including phenoxy) is 24. The number of aryl methyl sites for hydroxylation is 2. The van der Waals surface area contributed by atoms with Crippen molar-refractivity contribution in [2.45, 2.75) is 221 Å². The van der Waals surface area contributed by atoms with E-state index in [1.165, 1.54) is 57.8 Å². The summed E-state index contributed by atoms with van der Waals surface area (Å²) in [5, 5.41) is 29.4. The minimum atomic E-state index is -1.18. The highest BCUT2D eigenvalue weighted by Crippen LogP contribution is 2.17. The molecule has 2 atom stereocenters. The summed E-state index contributed by atoms with van der Waals surface area (Å²) in [4.78, 5) is 75.9. The number of hydrogen-bond acceptors (Lipinski definition) is 32. The summed E-state index contributed by atoms with van der Waals surface area (Å²) >= 11 is 0. The first-order chi connectivity index (χ1) is 64.6. The summed E-state index contributed by atoms with van der Waals surface area (Å²) in [5.74, 6) is -1.67. The van der Waals surface area contributed by atoms with Crippen LogP contribution in [-0.2, 0) is 155 Å². The molecule has 132 heavy (non-hydrogen) atoms. The molecule has 38 heteroatoms. The van der Waals surface area contributed by atoms with E-state index in [-0.39, 0.29) is 80.2 Å². The third-order valence-corrected chi connectivity index (χ3v) is 19.7. The lowest BCUT2D eigenvalue weighted by Gasteiger charge is -2.19. The second-order valence-electron chi connectivity index (χ2n) is 32.7. The van der Waals surface area contributed by atoms with Crippen LogP contribution >= 0.6 is 0 Å². The van der Waals surface area contributed by atoms with Crippen molar-refractivity contribution < 1.29 is 148 Å². The fourth-order valence-electron chi connectivity index (χ4n) is 12.1. The van der Waals surface area contributed by atoms with Gasteiger partial charge in [0.25, 0.3) is 0 Å². The highest BCUT2D eigenvalue weighted by atomic mass is 16.6. The number of ketones is 1. The van der Waals surface area contributed by atoms with Gasteiger partial charge >= 0.3 is 5.97 Å². The number of carbonyl (C=O) groups excluding carboxylic acids is 5. The van der Waals surface area contributed by atoms with Crippen LogP contribution in [0.25, 0.3) is 0 Å². The number of amides is 4. The zero-order valence-electron chi connectivity index (χ0n) is 82.1. The lowest BCUT2D eigenvalue weighted by Crippen LogP contribution is -2.47. The summed E-state index contributed by atoms with van der Waals surface area (Å²) in [6.45, 7) is 35.0. The molecule has 0 fully saturated rings. The minimum Gasteiger partial charge on any atom is -0.480 e. The number of carboxylic acids is 1. The third kappa shape index (κ3) is 92.9. The molecule has 776 valence electrons. The molecule has 0 saturated carbocycles. The second-order valence-corrected chi connectivity index (χ2v) is 32.7. The average molecular weight is 1900 g/mol. The summed E-state index contributed by atoms with van der Waals surface area (Å²) in [6, 6.07) is -2.00. The van der Waals surface area contributed by atoms with Gasteiger partial charge in [-0.25, -0.2) is 4.79 Å². The molecule has 0 radical (unpaired) electrons. The lowest BCUT2D eigenvalue weighted by molar-refractivity contribution is -0.142. The van der Waals surface area contributed by atoms with E-state index >= 15 is 0 Å². The van der Waals surface area contributed by atoms with Crippen LogP contribution in [0.1, 0.15) is 201 Å². The summed E-state index contributed by atoms with van der Waals surface area (Å²) < 4.78 is 135. The molecule has 0 bridgehead atoms. The Hall–Kier alpha value is -4.80. The van der Waals surface area contributed by atoms with Gasteiger partial charge in [0.2, 0.25) is 23.6 Å². The molecule has 5 N–H and O–H groups in total. The average Bonchev–Trinajstić information content (AvgIpc) is 1.65. The van der Waals surface area contributed by atoms with Crippen molar-refractivity contribution in [1.29, 1.82) is 0 Å². The number of rotatable bonds is 109. The molecule has 0 aliphatic carbocycles. The smallest absolute Gasteiger partial charge is 0.326 e. The van der Waals surface area contributed by atoms with E-state index in [9.17, 15) is 33.9 Å². The molecule has 0 unspecified atom stereocenters. The SMILES string of the molecule is CCCCCCCCCCCCCCCC(=O)N[C@@H](CCC(=O)NCCCC[C@H](NC(=O)CCc1cn(CCCCC(C)C)nn1)C(=O)NCCOCCOCCOCCOCCOCCOCCOCCOCCOCCOCCOCCOCCOCCOCCOCCOCCOCCOCCOCCOCCOCCOCCOCCOCCC(=O)C(C)(C)C)C(=O)O. The van der Waals surface area contributed by atoms with Crippen molar-refractivity contribution in [2.75, 3.05) is 330 Å². The van der Waals surface area contributed by atoms with Crippen LogP contribution in [-0.4, -0.2) is 398 Å². The van der Waals surface area contributed by atoms with Crippen LogP contribution in [0.2, 0.25) is 0 Å². The molecule has 0 spiro atoms. The quantitative estimate of drug-likeness (QED) is 0.0384. The van der Waals surface area contributed by atoms with Crippen molar-refractivity contribution >= 4 is 35.4 Å². The fourth-order valence-corrected chi connectivity index (χ4v) is 12.1. The van der Waals surface area contributed by atoms with E-state index in [4.69, 9.17) is 114 Å². The molecule has 0 aliphatic rings. The van der Waals surface area contributed by atoms with E-state index in [0.29, 0.717) is 361 Å². The topological polar surface area (TPSA) is 423 Å². The molecule has 1 aromatic heterocycles. The molecule has 38 nitrogen and oxygen atoms in total. The van der Waals surface area contributed by atoms with Gasteiger partial charge in [-0.1, -0.05) is 137 Å². The van der Waals surface area contributed by atoms with Gasteiger partial charge in [-0.3, -0.25) is 28.7 Å². The zero-order valence-corrected chi connectivity index (χ0v) is 82.1. The Morgan fingerprint density at radius 3 is 0.924 bits per heavy atom. The van der Waals surface area contributed by atoms with Gasteiger partial charge in [-0.2, -0.15) is 0 Å². The second kappa shape index (κ2) is 99.2. The van der Waals surface area contributed by atoms with E-state index in [2.05, 4.69) is 52.4 Å². The number of carbonyl (C=O) groups is 6. The summed E-state index contributed by atoms with van der Waals surface area (Å²) in [5.41, 5.74) is 0.364. The predicted octanol–water partition coefficient (Wildman–Crippen LogP) is 8.16. The molecule has 0 aliphatic heterocycles. The third-order valence-electron chi connectivity index (χ3n) is 19.7. The van der Waals surface area contributed by atoms with Crippen molar-refractivity contribution in [3.8, 4) is 0 Å². The number of aromatic nitrogens is 3. The van der Waals surface area contributed by atoms with Gasteiger partial charge in [0.05, 0.1) is 323 Å². The number of carboxylic acid groups (broad SMARTS) is 1. The molecule has 0 aromatic carbocycles. The van der Waals surface area contributed by atoms with Crippen LogP contribution < -0.4 is 21.3 Å². The van der Waals surface area contributed by atoms with Gasteiger partial charge in [0.1, 0.15) is 17.9 Å². The van der Waals surface area contributed by atoms with Crippen molar-refractivity contribution in [2.24, 2.45) is 11.3 Å². The van der Waals surface area contributed by atoms with E-state index in [0.717, 1.165) is 45.1 Å². The fraction of sp³-hybridized carbons (Fsp3) is 0.915. The first-order valence-corrected chi connectivity index (χ1v) is 49.3. The summed E-state index contributed by atoms with van der Waals surface area (Å²) in [6.07, 6.45) is 22.9. The van der Waals surface area contributed by atoms with Crippen LogP contribution in [0.15, 0.2) is 6.20 Å². The first-order valence-electron chi connectivity index (χ1n) is 49.3. The molecule has 1 rings (SSSR count). The molecular weight excluding hydrogens is 1720 g/mol. The predicted molar refractivity (Wildman–Crippen MR) is 497 cm³/mol. The molecule has 4 amide bonds. The Morgan fingerprint density at radius 2 is 0.606 bits per heavy atom. The molecule has 1 heterocycles. The molecule has 1 aromatic rings. The number of nitrogens with one attached hydrogen (secondary N) is 4. The van der Waals surface area contributed by atoms with E-state index in [1.807, 2.05) is 27.0 Å². The van der Waals surface area contributed by atoms with Crippen LogP contribution in [0.5, 0.6) is 0 Å². The van der Waals surface area contributed by atoms with Gasteiger partial charge in [0, 0.05) is 63.4 Å². The summed E-state index contributed by atoms with van der Waals surface area (Å²) in [7, 11) is 0. The Morgan fingerprint density at radius 1 is 0.311 bits per heavy atom. The Balaban J connectivity index is 1.89. The van der Waals surface area contributed by atoms with Crippen LogP contribution in [0.3, 0.4) is 0 Å². The number of Topliss-reactive ketones (excluding diaryl/α,β-unsaturated/α-hetero) is 1. The number of aliphatic carboxylic acids is 1.